The smallest absolute Gasteiger partial charge is 0.136 e. The molecule has 1 aliphatic rings. The molecule has 0 radical (unpaired) electrons. The molecule has 0 aliphatic heterocycles. The SMILES string of the molecule is CCCOCCC1CC(CC)CCC1=O. The van der Waals surface area contributed by atoms with Crippen LogP contribution in [0.2, 0.25) is 0 Å². The number of ketones is 1. The molecular weight excluding hydrogens is 188 g/mol. The van der Waals surface area contributed by atoms with Gasteiger partial charge in [0, 0.05) is 25.6 Å². The predicted molar refractivity (Wildman–Crippen MR) is 61.9 cm³/mol. The van der Waals surface area contributed by atoms with Gasteiger partial charge in [-0.15, -0.1) is 0 Å². The van der Waals surface area contributed by atoms with Crippen LogP contribution in [0.4, 0.5) is 0 Å². The quantitative estimate of drug-likeness (QED) is 0.632. The molecule has 0 aromatic rings. The summed E-state index contributed by atoms with van der Waals surface area (Å²) in [5, 5.41) is 0. The Morgan fingerprint density at radius 1 is 1.33 bits per heavy atom. The van der Waals surface area contributed by atoms with Gasteiger partial charge in [0.05, 0.1) is 0 Å². The average molecular weight is 212 g/mol. The van der Waals surface area contributed by atoms with E-state index in [1.807, 2.05) is 0 Å². The lowest BCUT2D eigenvalue weighted by Crippen LogP contribution is -2.25. The Kier molecular flexibility index (Phi) is 5.92. The molecule has 0 N–H and O–H groups in total. The topological polar surface area (TPSA) is 26.3 Å². The molecule has 0 heterocycles. The Bertz CT molecular complexity index is 189. The summed E-state index contributed by atoms with van der Waals surface area (Å²) in [5.41, 5.74) is 0. The van der Waals surface area contributed by atoms with Gasteiger partial charge in [-0.3, -0.25) is 4.79 Å². The molecule has 0 amide bonds. The van der Waals surface area contributed by atoms with Gasteiger partial charge >= 0.3 is 0 Å². The fourth-order valence-electron chi connectivity index (χ4n) is 2.32. The first-order chi connectivity index (χ1) is 7.27. The van der Waals surface area contributed by atoms with E-state index in [4.69, 9.17) is 4.74 Å². The van der Waals surface area contributed by atoms with Gasteiger partial charge < -0.3 is 4.74 Å². The number of carbonyl (C=O) groups excluding carboxylic acids is 1. The van der Waals surface area contributed by atoms with Crippen LogP contribution in [0, 0.1) is 11.8 Å². The minimum absolute atomic E-state index is 0.292. The molecule has 1 saturated carbocycles. The summed E-state index contributed by atoms with van der Waals surface area (Å²) in [6.07, 6.45) is 6.24. The lowest BCUT2D eigenvalue weighted by molar-refractivity contribution is -0.126. The summed E-state index contributed by atoms with van der Waals surface area (Å²) >= 11 is 0. The van der Waals surface area contributed by atoms with Crippen LogP contribution in [0.15, 0.2) is 0 Å². The number of rotatable bonds is 6. The van der Waals surface area contributed by atoms with E-state index < -0.39 is 0 Å². The highest BCUT2D eigenvalue weighted by Gasteiger charge is 2.27. The first-order valence-electron chi connectivity index (χ1n) is 6.38. The predicted octanol–water partition coefficient (Wildman–Crippen LogP) is 3.20. The molecule has 2 heteroatoms. The number of ether oxygens (including phenoxy) is 1. The Balaban J connectivity index is 2.22. The molecule has 1 aliphatic carbocycles. The van der Waals surface area contributed by atoms with Crippen molar-refractivity contribution in [2.24, 2.45) is 11.8 Å². The van der Waals surface area contributed by atoms with Crippen LogP contribution in [0.25, 0.3) is 0 Å². The Morgan fingerprint density at radius 2 is 2.13 bits per heavy atom. The van der Waals surface area contributed by atoms with E-state index in [1.165, 1.54) is 6.42 Å². The van der Waals surface area contributed by atoms with Gasteiger partial charge in [0.25, 0.3) is 0 Å². The van der Waals surface area contributed by atoms with E-state index in [2.05, 4.69) is 13.8 Å². The van der Waals surface area contributed by atoms with Gasteiger partial charge in [-0.2, -0.15) is 0 Å². The van der Waals surface area contributed by atoms with Gasteiger partial charge in [0.15, 0.2) is 0 Å². The summed E-state index contributed by atoms with van der Waals surface area (Å²) in [6.45, 7) is 5.93. The van der Waals surface area contributed by atoms with Crippen LogP contribution >= 0.6 is 0 Å². The molecule has 0 aromatic carbocycles. The Morgan fingerprint density at radius 3 is 2.80 bits per heavy atom. The standard InChI is InChI=1S/C13H24O2/c1-3-8-15-9-7-12-10-11(4-2)5-6-13(12)14/h11-12H,3-10H2,1-2H3. The largest absolute Gasteiger partial charge is 0.381 e. The van der Waals surface area contributed by atoms with Crippen molar-refractivity contribution in [3.63, 3.8) is 0 Å². The van der Waals surface area contributed by atoms with Crippen LogP contribution in [0.5, 0.6) is 0 Å². The highest BCUT2D eigenvalue weighted by molar-refractivity contribution is 5.81. The van der Waals surface area contributed by atoms with Crippen molar-refractivity contribution in [1.29, 1.82) is 0 Å². The van der Waals surface area contributed by atoms with Crippen molar-refractivity contribution in [2.45, 2.75) is 52.4 Å². The van der Waals surface area contributed by atoms with E-state index in [0.717, 1.165) is 51.2 Å². The number of carbonyl (C=O) groups is 1. The molecule has 2 atom stereocenters. The molecule has 0 bridgehead atoms. The Labute approximate surface area is 93.4 Å². The van der Waals surface area contributed by atoms with Crippen molar-refractivity contribution < 1.29 is 9.53 Å². The maximum absolute atomic E-state index is 11.7. The van der Waals surface area contributed by atoms with E-state index >= 15 is 0 Å². The molecule has 2 unspecified atom stereocenters. The molecule has 0 saturated heterocycles. The zero-order valence-electron chi connectivity index (χ0n) is 10.1. The first-order valence-corrected chi connectivity index (χ1v) is 6.38. The van der Waals surface area contributed by atoms with Crippen LogP contribution in [-0.2, 0) is 9.53 Å². The Hall–Kier alpha value is -0.370. The van der Waals surface area contributed by atoms with E-state index in [9.17, 15) is 4.79 Å². The summed E-state index contributed by atoms with van der Waals surface area (Å²) in [6, 6.07) is 0. The molecular formula is C13H24O2. The number of hydrogen-bond donors (Lipinski definition) is 0. The van der Waals surface area contributed by atoms with Crippen molar-refractivity contribution in [3.8, 4) is 0 Å². The molecule has 1 rings (SSSR count). The second kappa shape index (κ2) is 7.00. The molecule has 2 nitrogen and oxygen atoms in total. The van der Waals surface area contributed by atoms with Crippen LogP contribution in [0.1, 0.15) is 52.4 Å². The van der Waals surface area contributed by atoms with Crippen LogP contribution in [0.3, 0.4) is 0 Å². The van der Waals surface area contributed by atoms with Gasteiger partial charge in [-0.1, -0.05) is 20.3 Å². The maximum atomic E-state index is 11.7. The van der Waals surface area contributed by atoms with Crippen molar-refractivity contribution in [2.75, 3.05) is 13.2 Å². The van der Waals surface area contributed by atoms with Crippen LogP contribution < -0.4 is 0 Å². The third kappa shape index (κ3) is 4.33. The highest BCUT2D eigenvalue weighted by atomic mass is 16.5. The van der Waals surface area contributed by atoms with Crippen molar-refractivity contribution in [1.82, 2.24) is 0 Å². The minimum atomic E-state index is 0.292. The normalized spacial score (nSPS) is 26.9. The molecule has 1 fully saturated rings. The molecule has 15 heavy (non-hydrogen) atoms. The average Bonchev–Trinajstić information content (AvgIpc) is 2.26. The fourth-order valence-corrected chi connectivity index (χ4v) is 2.32. The van der Waals surface area contributed by atoms with E-state index in [1.54, 1.807) is 0 Å². The van der Waals surface area contributed by atoms with Crippen molar-refractivity contribution in [3.05, 3.63) is 0 Å². The minimum Gasteiger partial charge on any atom is -0.381 e. The lowest BCUT2D eigenvalue weighted by Gasteiger charge is -2.27. The van der Waals surface area contributed by atoms with E-state index in [-0.39, 0.29) is 0 Å². The second-order valence-electron chi connectivity index (χ2n) is 4.61. The molecule has 0 spiro atoms. The zero-order valence-corrected chi connectivity index (χ0v) is 10.1. The maximum Gasteiger partial charge on any atom is 0.136 e. The second-order valence-corrected chi connectivity index (χ2v) is 4.61. The molecule has 88 valence electrons. The van der Waals surface area contributed by atoms with Crippen molar-refractivity contribution >= 4 is 5.78 Å². The van der Waals surface area contributed by atoms with Gasteiger partial charge in [-0.25, -0.2) is 0 Å². The number of Topliss-reactive ketones (excluding diaryl/α,β-unsaturated/α-hetero) is 1. The number of hydrogen-bond acceptors (Lipinski definition) is 2. The van der Waals surface area contributed by atoms with Crippen LogP contribution in [-0.4, -0.2) is 19.0 Å². The molecule has 0 aromatic heterocycles. The lowest BCUT2D eigenvalue weighted by atomic mass is 9.78. The monoisotopic (exact) mass is 212 g/mol. The summed E-state index contributed by atoms with van der Waals surface area (Å²) in [5.74, 6) is 1.54. The summed E-state index contributed by atoms with van der Waals surface area (Å²) in [7, 11) is 0. The first kappa shape index (κ1) is 12.7. The van der Waals surface area contributed by atoms with Gasteiger partial charge in [0.2, 0.25) is 0 Å². The van der Waals surface area contributed by atoms with Gasteiger partial charge in [-0.05, 0) is 31.6 Å². The fraction of sp³-hybridized carbons (Fsp3) is 0.923. The summed E-state index contributed by atoms with van der Waals surface area (Å²) in [4.78, 5) is 11.7. The third-order valence-corrected chi connectivity index (χ3v) is 3.41. The summed E-state index contributed by atoms with van der Waals surface area (Å²) < 4.78 is 5.45. The highest BCUT2D eigenvalue weighted by Crippen LogP contribution is 2.30. The van der Waals surface area contributed by atoms with Gasteiger partial charge in [0.1, 0.15) is 5.78 Å². The third-order valence-electron chi connectivity index (χ3n) is 3.41. The van der Waals surface area contributed by atoms with E-state index in [0.29, 0.717) is 11.7 Å². The zero-order chi connectivity index (χ0) is 11.1.